The van der Waals surface area contributed by atoms with Crippen molar-refractivity contribution in [3.63, 3.8) is 0 Å². The van der Waals surface area contributed by atoms with Gasteiger partial charge in [0.2, 0.25) is 0 Å². The lowest BCUT2D eigenvalue weighted by molar-refractivity contribution is 0.517. The zero-order valence-electron chi connectivity index (χ0n) is 10.6. The van der Waals surface area contributed by atoms with Gasteiger partial charge in [-0.3, -0.25) is 0 Å². The van der Waals surface area contributed by atoms with Gasteiger partial charge in [0.25, 0.3) is 6.01 Å². The molecule has 5 heteroatoms. The van der Waals surface area contributed by atoms with E-state index in [-0.39, 0.29) is 0 Å². The van der Waals surface area contributed by atoms with Crippen molar-refractivity contribution in [2.45, 2.75) is 13.8 Å². The molecule has 0 amide bonds. The van der Waals surface area contributed by atoms with Gasteiger partial charge in [-0.15, -0.1) is 0 Å². The van der Waals surface area contributed by atoms with Crippen molar-refractivity contribution in [3.05, 3.63) is 21.7 Å². The van der Waals surface area contributed by atoms with Crippen LogP contribution in [0.15, 0.2) is 15.0 Å². The summed E-state index contributed by atoms with van der Waals surface area (Å²) >= 11 is 3.57. The van der Waals surface area contributed by atoms with Crippen LogP contribution >= 0.6 is 15.9 Å². The maximum absolute atomic E-state index is 5.94. The van der Waals surface area contributed by atoms with Crippen LogP contribution in [0.4, 0.5) is 6.01 Å². The van der Waals surface area contributed by atoms with Crippen LogP contribution in [0.1, 0.15) is 11.1 Å². The number of rotatable bonds is 1. The van der Waals surface area contributed by atoms with Gasteiger partial charge in [-0.05, 0) is 31.0 Å². The minimum Gasteiger partial charge on any atom is -0.423 e. The fourth-order valence-electron chi connectivity index (χ4n) is 2.26. The highest BCUT2D eigenvalue weighted by Crippen LogP contribution is 2.31. The molecule has 96 valence electrons. The molecule has 1 saturated heterocycles. The normalized spacial score (nSPS) is 16.5. The average molecular weight is 310 g/mol. The smallest absolute Gasteiger partial charge is 0.298 e. The molecule has 0 unspecified atom stereocenters. The molecule has 2 heterocycles. The Morgan fingerprint density at radius 3 is 2.72 bits per heavy atom. The van der Waals surface area contributed by atoms with Crippen LogP contribution in [-0.4, -0.2) is 31.2 Å². The molecule has 0 saturated carbocycles. The number of halogens is 1. The predicted octanol–water partition coefficient (Wildman–Crippen LogP) is 2.62. The Bertz CT molecular complexity index is 587. The molecule has 0 aliphatic carbocycles. The molecule has 0 spiro atoms. The molecule has 18 heavy (non-hydrogen) atoms. The lowest BCUT2D eigenvalue weighted by Gasteiger charge is -2.25. The van der Waals surface area contributed by atoms with Gasteiger partial charge in [-0.1, -0.05) is 15.9 Å². The van der Waals surface area contributed by atoms with Gasteiger partial charge in [0.15, 0.2) is 5.58 Å². The Labute approximate surface area is 114 Å². The van der Waals surface area contributed by atoms with Crippen molar-refractivity contribution in [1.29, 1.82) is 0 Å². The van der Waals surface area contributed by atoms with Gasteiger partial charge in [-0.25, -0.2) is 0 Å². The molecule has 0 radical (unpaired) electrons. The largest absolute Gasteiger partial charge is 0.423 e. The molecule has 1 aromatic heterocycles. The van der Waals surface area contributed by atoms with E-state index >= 15 is 0 Å². The van der Waals surface area contributed by atoms with Crippen LogP contribution in [0.5, 0.6) is 0 Å². The average Bonchev–Trinajstić information content (AvgIpc) is 2.81. The summed E-state index contributed by atoms with van der Waals surface area (Å²) in [6.07, 6.45) is 0. The minimum atomic E-state index is 0.743. The third-order valence-corrected chi connectivity index (χ3v) is 4.38. The summed E-state index contributed by atoms with van der Waals surface area (Å²) in [7, 11) is 0. The molecule has 2 aromatic rings. The van der Waals surface area contributed by atoms with Crippen LogP contribution < -0.4 is 10.2 Å². The molecule has 0 atom stereocenters. The monoisotopic (exact) mass is 309 g/mol. The number of hydrogen-bond donors (Lipinski definition) is 1. The molecule has 1 aromatic carbocycles. The van der Waals surface area contributed by atoms with Crippen molar-refractivity contribution in [2.24, 2.45) is 0 Å². The Morgan fingerprint density at radius 1 is 1.28 bits per heavy atom. The van der Waals surface area contributed by atoms with E-state index in [1.54, 1.807) is 0 Å². The van der Waals surface area contributed by atoms with E-state index in [9.17, 15) is 0 Å². The third kappa shape index (κ3) is 1.91. The maximum Gasteiger partial charge on any atom is 0.298 e. The highest BCUT2D eigenvalue weighted by Gasteiger charge is 2.18. The van der Waals surface area contributed by atoms with Crippen molar-refractivity contribution >= 4 is 33.0 Å². The maximum atomic E-state index is 5.94. The van der Waals surface area contributed by atoms with Crippen molar-refractivity contribution in [1.82, 2.24) is 10.3 Å². The van der Waals surface area contributed by atoms with Crippen molar-refractivity contribution in [2.75, 3.05) is 31.1 Å². The third-order valence-electron chi connectivity index (χ3n) is 3.55. The Kier molecular flexibility index (Phi) is 3.03. The number of aryl methyl sites for hydroxylation is 1. The molecular weight excluding hydrogens is 294 g/mol. The first-order valence-corrected chi connectivity index (χ1v) is 6.98. The first-order chi connectivity index (χ1) is 8.66. The SMILES string of the molecule is Cc1c(Br)cc2nc(N3CCNCC3)oc2c1C. The highest BCUT2D eigenvalue weighted by molar-refractivity contribution is 9.10. The van der Waals surface area contributed by atoms with Crippen LogP contribution in [0.2, 0.25) is 0 Å². The zero-order chi connectivity index (χ0) is 12.7. The summed E-state index contributed by atoms with van der Waals surface area (Å²) in [6.45, 7) is 8.04. The van der Waals surface area contributed by atoms with Crippen LogP contribution in [0.3, 0.4) is 0 Å². The summed E-state index contributed by atoms with van der Waals surface area (Å²) in [5, 5.41) is 3.33. The number of aromatic nitrogens is 1. The lowest BCUT2D eigenvalue weighted by Crippen LogP contribution is -2.43. The second-order valence-corrected chi connectivity index (χ2v) is 5.54. The van der Waals surface area contributed by atoms with Gasteiger partial charge in [0.1, 0.15) is 5.52 Å². The van der Waals surface area contributed by atoms with E-state index in [0.29, 0.717) is 0 Å². The molecule has 1 aliphatic heterocycles. The summed E-state index contributed by atoms with van der Waals surface area (Å²) < 4.78 is 7.03. The number of benzene rings is 1. The van der Waals surface area contributed by atoms with Crippen LogP contribution in [0, 0.1) is 13.8 Å². The van der Waals surface area contributed by atoms with Gasteiger partial charge in [0.05, 0.1) is 0 Å². The molecular formula is C13H16BrN3O. The van der Waals surface area contributed by atoms with E-state index in [1.807, 2.05) is 6.07 Å². The summed E-state index contributed by atoms with van der Waals surface area (Å²) in [6, 6.07) is 2.78. The van der Waals surface area contributed by atoms with Gasteiger partial charge >= 0.3 is 0 Å². The molecule has 1 fully saturated rings. The molecule has 0 bridgehead atoms. The lowest BCUT2D eigenvalue weighted by atomic mass is 10.1. The Hall–Kier alpha value is -1.07. The topological polar surface area (TPSA) is 41.3 Å². The Morgan fingerprint density at radius 2 is 2.00 bits per heavy atom. The standard InChI is InChI=1S/C13H16BrN3O/c1-8-9(2)12-11(7-10(8)14)16-13(18-12)17-5-3-15-4-6-17/h7,15H,3-6H2,1-2H3. The van der Waals surface area contributed by atoms with E-state index in [0.717, 1.165) is 53.3 Å². The second-order valence-electron chi connectivity index (χ2n) is 4.69. The molecule has 1 N–H and O–H groups in total. The second kappa shape index (κ2) is 4.55. The summed E-state index contributed by atoms with van der Waals surface area (Å²) in [5.74, 6) is 0. The molecule has 3 rings (SSSR count). The Balaban J connectivity index is 2.07. The predicted molar refractivity (Wildman–Crippen MR) is 76.3 cm³/mol. The first-order valence-electron chi connectivity index (χ1n) is 6.18. The van der Waals surface area contributed by atoms with Crippen molar-refractivity contribution < 1.29 is 4.42 Å². The van der Waals surface area contributed by atoms with E-state index < -0.39 is 0 Å². The van der Waals surface area contributed by atoms with Crippen LogP contribution in [-0.2, 0) is 0 Å². The number of nitrogens with one attached hydrogen (secondary N) is 1. The highest BCUT2D eigenvalue weighted by atomic mass is 79.9. The van der Waals surface area contributed by atoms with E-state index in [4.69, 9.17) is 4.42 Å². The number of hydrogen-bond acceptors (Lipinski definition) is 4. The summed E-state index contributed by atoms with van der Waals surface area (Å²) in [4.78, 5) is 6.79. The van der Waals surface area contributed by atoms with E-state index in [1.165, 1.54) is 5.56 Å². The number of anilines is 1. The van der Waals surface area contributed by atoms with Crippen LogP contribution in [0.25, 0.3) is 11.1 Å². The minimum absolute atomic E-state index is 0.743. The quantitative estimate of drug-likeness (QED) is 0.879. The van der Waals surface area contributed by atoms with Gasteiger partial charge in [0, 0.05) is 30.7 Å². The number of piperazine rings is 1. The number of fused-ring (bicyclic) bond motifs is 1. The van der Waals surface area contributed by atoms with Crippen molar-refractivity contribution in [3.8, 4) is 0 Å². The summed E-state index contributed by atoms with van der Waals surface area (Å²) in [5.41, 5.74) is 4.21. The van der Waals surface area contributed by atoms with Gasteiger partial charge < -0.3 is 14.6 Å². The zero-order valence-corrected chi connectivity index (χ0v) is 12.2. The fraction of sp³-hybridized carbons (Fsp3) is 0.462. The van der Waals surface area contributed by atoms with Gasteiger partial charge in [-0.2, -0.15) is 4.98 Å². The fourth-order valence-corrected chi connectivity index (χ4v) is 2.77. The number of nitrogens with zero attached hydrogens (tertiary/aromatic N) is 2. The first kappa shape index (κ1) is 12.0. The number of oxazole rings is 1. The van der Waals surface area contributed by atoms with E-state index in [2.05, 4.69) is 45.0 Å². The molecule has 4 nitrogen and oxygen atoms in total. The molecule has 1 aliphatic rings.